The van der Waals surface area contributed by atoms with Crippen LogP contribution >= 0.6 is 0 Å². The van der Waals surface area contributed by atoms with Crippen molar-refractivity contribution in [3.05, 3.63) is 125 Å². The maximum Gasteiger partial charge on any atom is 0.256 e. The quantitative estimate of drug-likeness (QED) is 0.421. The molecule has 39 heavy (non-hydrogen) atoms. The van der Waals surface area contributed by atoms with Gasteiger partial charge in [0.25, 0.3) is 5.91 Å². The van der Waals surface area contributed by atoms with E-state index in [1.54, 1.807) is 24.3 Å². The number of fused-ring (bicyclic) bond motifs is 2. The molecule has 2 aliphatic heterocycles. The highest BCUT2D eigenvalue weighted by molar-refractivity contribution is 6.09. The number of anilines is 1. The summed E-state index contributed by atoms with van der Waals surface area (Å²) in [5.74, 6) is -0.0402. The molecule has 1 amide bonds. The van der Waals surface area contributed by atoms with Gasteiger partial charge in [0, 0.05) is 53.3 Å². The highest BCUT2D eigenvalue weighted by Gasteiger charge is 2.32. The van der Waals surface area contributed by atoms with Crippen molar-refractivity contribution in [3.8, 4) is 11.1 Å². The van der Waals surface area contributed by atoms with Crippen molar-refractivity contribution in [1.82, 2.24) is 10.2 Å². The number of hydrogen-bond acceptors (Lipinski definition) is 5. The third-order valence-electron chi connectivity index (χ3n) is 7.49. The largest absolute Gasteiger partial charge is 0.374 e. The van der Waals surface area contributed by atoms with E-state index in [4.69, 9.17) is 0 Å². The Kier molecular flexibility index (Phi) is 6.45. The lowest BCUT2D eigenvalue weighted by Gasteiger charge is -2.27. The molecule has 1 aliphatic carbocycles. The Labute approximate surface area is 227 Å². The molecule has 0 bridgehead atoms. The Morgan fingerprint density at radius 3 is 2.51 bits per heavy atom. The van der Waals surface area contributed by atoms with E-state index < -0.39 is 6.04 Å². The summed E-state index contributed by atoms with van der Waals surface area (Å²) in [7, 11) is 0. The maximum absolute atomic E-state index is 13.5. The molecule has 6 nitrogen and oxygen atoms in total. The summed E-state index contributed by atoms with van der Waals surface area (Å²) in [6.07, 6.45) is 7.49. The van der Waals surface area contributed by atoms with Gasteiger partial charge >= 0.3 is 0 Å². The predicted octanol–water partition coefficient (Wildman–Crippen LogP) is 5.79. The molecule has 3 aromatic rings. The third-order valence-corrected chi connectivity index (χ3v) is 7.49. The number of amides is 1. The van der Waals surface area contributed by atoms with E-state index in [1.165, 1.54) is 0 Å². The van der Waals surface area contributed by atoms with Crippen molar-refractivity contribution in [1.29, 1.82) is 0 Å². The van der Waals surface area contributed by atoms with Gasteiger partial charge in [0.15, 0.2) is 5.78 Å². The molecule has 0 radical (unpaired) electrons. The van der Waals surface area contributed by atoms with Crippen LogP contribution in [0.2, 0.25) is 0 Å². The van der Waals surface area contributed by atoms with Gasteiger partial charge in [0.1, 0.15) is 11.8 Å². The van der Waals surface area contributed by atoms with Crippen molar-refractivity contribution in [2.45, 2.75) is 32.2 Å². The van der Waals surface area contributed by atoms with Gasteiger partial charge < -0.3 is 15.5 Å². The van der Waals surface area contributed by atoms with Crippen LogP contribution in [-0.2, 0) is 4.79 Å². The normalized spacial score (nSPS) is 18.1. The van der Waals surface area contributed by atoms with E-state index >= 15 is 0 Å². The molecule has 0 fully saturated rings. The van der Waals surface area contributed by atoms with Gasteiger partial charge in [-0.25, -0.2) is 0 Å². The number of hydrogen-bond donors (Lipinski definition) is 2. The second-order valence-corrected chi connectivity index (χ2v) is 10.2. The van der Waals surface area contributed by atoms with Gasteiger partial charge in [-0.2, -0.15) is 0 Å². The molecule has 194 valence electrons. The number of rotatable bonds is 5. The summed E-state index contributed by atoms with van der Waals surface area (Å²) in [5, 5.41) is 6.39. The molecule has 2 N–H and O–H groups in total. The number of nitrogens with one attached hydrogen (secondary N) is 2. The van der Waals surface area contributed by atoms with Crippen molar-refractivity contribution in [3.63, 3.8) is 0 Å². The van der Waals surface area contributed by atoms with Crippen LogP contribution in [0.15, 0.2) is 108 Å². The van der Waals surface area contributed by atoms with Crippen LogP contribution in [0.3, 0.4) is 0 Å². The average Bonchev–Trinajstić information content (AvgIpc) is 3.36. The van der Waals surface area contributed by atoms with Crippen molar-refractivity contribution in [2.24, 2.45) is 0 Å². The van der Waals surface area contributed by atoms with E-state index in [0.29, 0.717) is 42.6 Å². The predicted molar refractivity (Wildman–Crippen MR) is 152 cm³/mol. The summed E-state index contributed by atoms with van der Waals surface area (Å²) < 4.78 is 0. The zero-order chi connectivity index (χ0) is 26.9. The second-order valence-electron chi connectivity index (χ2n) is 10.2. The number of aryl methyl sites for hydroxylation is 1. The van der Waals surface area contributed by atoms with E-state index in [0.717, 1.165) is 33.8 Å². The molecule has 0 spiro atoms. The molecule has 3 aromatic carbocycles. The standard InChI is InChI=1S/C33H29N3O3/c1-21-8-10-22(11-9-21)27-6-2-3-7-28(27)33(39)34-24-14-12-23(13-15-24)32(38)30-19-25-5-4-18-36(25)31-20-26(37)16-17-29(31)35-30/h2-15,19,30,35H,16-18,20H2,1H3,(H,34,39). The smallest absolute Gasteiger partial charge is 0.256 e. The van der Waals surface area contributed by atoms with Crippen LogP contribution in [0, 0.1) is 6.92 Å². The van der Waals surface area contributed by atoms with Gasteiger partial charge in [0.05, 0.1) is 0 Å². The summed E-state index contributed by atoms with van der Waals surface area (Å²) in [4.78, 5) is 41.0. The third kappa shape index (κ3) is 4.93. The Bertz CT molecular complexity index is 1560. The Balaban J connectivity index is 1.20. The van der Waals surface area contributed by atoms with E-state index in [2.05, 4.69) is 21.6 Å². The van der Waals surface area contributed by atoms with Gasteiger partial charge in [0.2, 0.25) is 0 Å². The fourth-order valence-electron chi connectivity index (χ4n) is 5.39. The molecule has 3 aliphatic rings. The lowest BCUT2D eigenvalue weighted by atomic mass is 9.97. The molecule has 6 rings (SSSR count). The number of allylic oxidation sites excluding steroid dienone is 3. The minimum atomic E-state index is -0.534. The Morgan fingerprint density at radius 2 is 1.72 bits per heavy atom. The highest BCUT2D eigenvalue weighted by Crippen LogP contribution is 2.33. The van der Waals surface area contributed by atoms with Crippen molar-refractivity contribution in [2.75, 3.05) is 11.9 Å². The first-order chi connectivity index (χ1) is 19.0. The number of carbonyl (C=O) groups excluding carboxylic acids is 3. The fraction of sp³-hybridized carbons (Fsp3) is 0.182. The molecule has 1 unspecified atom stereocenters. The van der Waals surface area contributed by atoms with Crippen molar-refractivity contribution >= 4 is 23.2 Å². The Hall–Kier alpha value is -4.71. The van der Waals surface area contributed by atoms with Crippen LogP contribution in [0.1, 0.15) is 45.5 Å². The van der Waals surface area contributed by atoms with Crippen LogP contribution in [-0.4, -0.2) is 35.0 Å². The number of carbonyl (C=O) groups is 3. The number of Topliss-reactive ketones (excluding diaryl/α,β-unsaturated/α-hetero) is 2. The summed E-state index contributed by atoms with van der Waals surface area (Å²) in [6.45, 7) is 2.74. The zero-order valence-corrected chi connectivity index (χ0v) is 21.7. The summed E-state index contributed by atoms with van der Waals surface area (Å²) in [6, 6.07) is 22.1. The van der Waals surface area contributed by atoms with Crippen LogP contribution in [0.5, 0.6) is 0 Å². The zero-order valence-electron chi connectivity index (χ0n) is 21.7. The molecule has 6 heteroatoms. The van der Waals surface area contributed by atoms with Crippen LogP contribution in [0.25, 0.3) is 11.1 Å². The topological polar surface area (TPSA) is 78.5 Å². The van der Waals surface area contributed by atoms with Gasteiger partial charge in [-0.1, -0.05) is 54.1 Å². The molecule has 0 aromatic heterocycles. The van der Waals surface area contributed by atoms with Crippen LogP contribution < -0.4 is 10.6 Å². The number of ketones is 2. The van der Waals surface area contributed by atoms with Gasteiger partial charge in [-0.3, -0.25) is 14.4 Å². The van der Waals surface area contributed by atoms with E-state index in [-0.39, 0.29) is 17.5 Å². The average molecular weight is 516 g/mol. The molecule has 1 atom stereocenters. The van der Waals surface area contributed by atoms with E-state index in [9.17, 15) is 14.4 Å². The van der Waals surface area contributed by atoms with Crippen molar-refractivity contribution < 1.29 is 14.4 Å². The SMILES string of the molecule is Cc1ccc(-c2ccccc2C(=O)Nc2ccc(C(=O)C3C=C4C=CCN4C4=C(CCC(=O)C4)N3)cc2)cc1. The molecule has 2 heterocycles. The monoisotopic (exact) mass is 515 g/mol. The maximum atomic E-state index is 13.5. The molecular weight excluding hydrogens is 486 g/mol. The first kappa shape index (κ1) is 24.6. The second kappa shape index (κ2) is 10.2. The first-order valence-electron chi connectivity index (χ1n) is 13.2. The number of nitrogens with zero attached hydrogens (tertiary/aromatic N) is 1. The highest BCUT2D eigenvalue weighted by atomic mass is 16.2. The van der Waals surface area contributed by atoms with Gasteiger partial charge in [-0.05, 0) is 67.0 Å². The lowest BCUT2D eigenvalue weighted by molar-refractivity contribution is -0.119. The first-order valence-corrected chi connectivity index (χ1v) is 13.2. The van der Waals surface area contributed by atoms with Crippen LogP contribution in [0.4, 0.5) is 5.69 Å². The molecule has 0 saturated carbocycles. The minimum Gasteiger partial charge on any atom is -0.374 e. The number of benzene rings is 3. The minimum absolute atomic E-state index is 0.0593. The van der Waals surface area contributed by atoms with E-state index in [1.807, 2.05) is 67.6 Å². The molecular formula is C33H29N3O3. The molecule has 0 saturated heterocycles. The van der Waals surface area contributed by atoms with Gasteiger partial charge in [-0.15, -0.1) is 0 Å². The fourth-order valence-corrected chi connectivity index (χ4v) is 5.39. The lowest BCUT2D eigenvalue weighted by Crippen LogP contribution is -2.36. The summed E-state index contributed by atoms with van der Waals surface area (Å²) >= 11 is 0. The summed E-state index contributed by atoms with van der Waals surface area (Å²) in [5.41, 5.74) is 7.64. The Morgan fingerprint density at radius 1 is 0.949 bits per heavy atom.